The Labute approximate surface area is 68.8 Å². The molecule has 0 saturated carbocycles. The van der Waals surface area contributed by atoms with Gasteiger partial charge >= 0.3 is 0 Å². The van der Waals surface area contributed by atoms with E-state index in [0.29, 0.717) is 0 Å². The summed E-state index contributed by atoms with van der Waals surface area (Å²) in [4.78, 5) is 0. The fraction of sp³-hybridized carbons (Fsp3) is 0.833. The van der Waals surface area contributed by atoms with Crippen LogP contribution >= 0.6 is 0 Å². The maximum absolute atomic E-state index is 9.15. The molecule has 0 aromatic heterocycles. The third-order valence-electron chi connectivity index (χ3n) is 1.80. The molecule has 1 fully saturated rings. The lowest BCUT2D eigenvalue weighted by atomic mass is 9.98. The van der Waals surface area contributed by atoms with E-state index in [9.17, 15) is 0 Å². The van der Waals surface area contributed by atoms with E-state index in [1.807, 2.05) is 0 Å². The maximum atomic E-state index is 9.15. The molecule has 0 spiro atoms. The minimum Gasteiger partial charge on any atom is -0.388 e. The number of hydrogen-bond donors (Lipinski definition) is 4. The molecule has 0 aromatic rings. The van der Waals surface area contributed by atoms with Gasteiger partial charge in [0.05, 0.1) is 12.1 Å². The summed E-state index contributed by atoms with van der Waals surface area (Å²) < 4.78 is 4.59. The Kier molecular flexibility index (Phi) is 2.62. The second-order valence-electron chi connectivity index (χ2n) is 2.63. The van der Waals surface area contributed by atoms with E-state index in [2.05, 4.69) is 4.74 Å². The lowest BCUT2D eigenvalue weighted by Gasteiger charge is -2.35. The van der Waals surface area contributed by atoms with Crippen molar-refractivity contribution in [1.29, 1.82) is 5.26 Å². The molecule has 1 aliphatic heterocycles. The highest BCUT2D eigenvalue weighted by Gasteiger charge is 2.41. The largest absolute Gasteiger partial charge is 0.388 e. The number of ether oxygens (including phenoxy) is 1. The first-order valence-electron chi connectivity index (χ1n) is 3.42. The molecule has 5 N–H and O–H groups in total. The Hall–Kier alpha value is -0.710. The smallest absolute Gasteiger partial charge is 0.175 e. The van der Waals surface area contributed by atoms with Gasteiger partial charge in [0.2, 0.25) is 0 Å². The molecule has 0 amide bonds. The molecular weight excluding hydrogens is 164 g/mol. The van der Waals surface area contributed by atoms with Crippen LogP contribution in [0, 0.1) is 11.3 Å². The van der Waals surface area contributed by atoms with Gasteiger partial charge in [-0.25, -0.2) is 0 Å². The van der Waals surface area contributed by atoms with Gasteiger partial charge in [-0.1, -0.05) is 0 Å². The molecule has 5 atom stereocenters. The van der Waals surface area contributed by atoms with Crippen LogP contribution in [0.25, 0.3) is 0 Å². The standard InChI is InChI=1S/C6H10N2O4/c7-1-2-4(9)5(10)3(8)6(11)12-2/h2-6,9-11H,8H2. The third kappa shape index (κ3) is 1.41. The van der Waals surface area contributed by atoms with E-state index in [1.165, 1.54) is 0 Å². The van der Waals surface area contributed by atoms with E-state index in [0.717, 1.165) is 0 Å². The normalized spacial score (nSPS) is 48.4. The molecule has 0 radical (unpaired) electrons. The lowest BCUT2D eigenvalue weighted by molar-refractivity contribution is -0.226. The molecule has 6 heteroatoms. The van der Waals surface area contributed by atoms with Crippen molar-refractivity contribution < 1.29 is 20.1 Å². The second-order valence-corrected chi connectivity index (χ2v) is 2.63. The summed E-state index contributed by atoms with van der Waals surface area (Å²) in [5, 5.41) is 35.7. The van der Waals surface area contributed by atoms with Crippen LogP contribution in [-0.2, 0) is 4.74 Å². The molecule has 0 aliphatic carbocycles. The van der Waals surface area contributed by atoms with Crippen LogP contribution in [0.5, 0.6) is 0 Å². The van der Waals surface area contributed by atoms with E-state index >= 15 is 0 Å². The van der Waals surface area contributed by atoms with Crippen LogP contribution in [-0.4, -0.2) is 46.0 Å². The molecule has 5 unspecified atom stereocenters. The second kappa shape index (κ2) is 3.35. The van der Waals surface area contributed by atoms with Crippen LogP contribution in [0.15, 0.2) is 0 Å². The lowest BCUT2D eigenvalue weighted by Crippen LogP contribution is -2.60. The Morgan fingerprint density at radius 2 is 1.83 bits per heavy atom. The summed E-state index contributed by atoms with van der Waals surface area (Å²) in [6.45, 7) is 0. The predicted octanol–water partition coefficient (Wildman–Crippen LogP) is -2.72. The van der Waals surface area contributed by atoms with Crippen molar-refractivity contribution in [2.45, 2.75) is 30.6 Å². The highest BCUT2D eigenvalue weighted by molar-refractivity contribution is 5.00. The number of hydrogen-bond acceptors (Lipinski definition) is 6. The molecule has 6 nitrogen and oxygen atoms in total. The zero-order chi connectivity index (χ0) is 9.30. The Bertz CT molecular complexity index is 204. The van der Waals surface area contributed by atoms with Crippen LogP contribution in [0.2, 0.25) is 0 Å². The zero-order valence-electron chi connectivity index (χ0n) is 6.16. The highest BCUT2D eigenvalue weighted by atomic mass is 16.6. The van der Waals surface area contributed by atoms with Crippen LogP contribution in [0.1, 0.15) is 0 Å². The SMILES string of the molecule is N#CC1OC(O)C(N)C(O)C1O. The van der Waals surface area contributed by atoms with Gasteiger partial charge in [0.1, 0.15) is 12.2 Å². The number of rotatable bonds is 0. The molecule has 1 rings (SSSR count). The van der Waals surface area contributed by atoms with E-state index in [1.54, 1.807) is 6.07 Å². The summed E-state index contributed by atoms with van der Waals surface area (Å²) >= 11 is 0. The van der Waals surface area contributed by atoms with Crippen LogP contribution in [0.4, 0.5) is 0 Å². The summed E-state index contributed by atoms with van der Waals surface area (Å²) in [6.07, 6.45) is -5.34. The minimum absolute atomic E-state index is 1.08. The first-order valence-corrected chi connectivity index (χ1v) is 3.42. The number of nitriles is 1. The van der Waals surface area contributed by atoms with E-state index < -0.39 is 30.6 Å². The molecule has 1 heterocycles. The van der Waals surface area contributed by atoms with Crippen LogP contribution in [0.3, 0.4) is 0 Å². The molecule has 68 valence electrons. The number of nitrogens with zero attached hydrogens (tertiary/aromatic N) is 1. The topological polar surface area (TPSA) is 120 Å². The zero-order valence-corrected chi connectivity index (χ0v) is 6.16. The maximum Gasteiger partial charge on any atom is 0.175 e. The average Bonchev–Trinajstić information content (AvgIpc) is 2.08. The fourth-order valence-corrected chi connectivity index (χ4v) is 1.00. The minimum atomic E-state index is -1.41. The molecular formula is C6H10N2O4. The van der Waals surface area contributed by atoms with Crippen molar-refractivity contribution in [1.82, 2.24) is 0 Å². The van der Waals surface area contributed by atoms with Gasteiger partial charge in [0, 0.05) is 0 Å². The quantitative estimate of drug-likeness (QED) is 0.316. The van der Waals surface area contributed by atoms with Gasteiger partial charge in [0.25, 0.3) is 0 Å². The van der Waals surface area contributed by atoms with Gasteiger partial charge in [0.15, 0.2) is 12.4 Å². The monoisotopic (exact) mass is 174 g/mol. The summed E-state index contributed by atoms with van der Waals surface area (Å²) in [6, 6.07) is 0.508. The van der Waals surface area contributed by atoms with Crippen molar-refractivity contribution in [2.24, 2.45) is 5.73 Å². The molecule has 0 bridgehead atoms. The van der Waals surface area contributed by atoms with Crippen molar-refractivity contribution in [3.05, 3.63) is 0 Å². The van der Waals surface area contributed by atoms with E-state index in [4.69, 9.17) is 26.3 Å². The average molecular weight is 174 g/mol. The van der Waals surface area contributed by atoms with Gasteiger partial charge in [-0.05, 0) is 0 Å². The molecule has 1 saturated heterocycles. The first-order chi connectivity index (χ1) is 5.57. The Morgan fingerprint density at radius 1 is 1.25 bits per heavy atom. The highest BCUT2D eigenvalue weighted by Crippen LogP contribution is 2.17. The van der Waals surface area contributed by atoms with Crippen molar-refractivity contribution in [3.8, 4) is 6.07 Å². The van der Waals surface area contributed by atoms with Crippen molar-refractivity contribution in [3.63, 3.8) is 0 Å². The van der Waals surface area contributed by atoms with Crippen molar-refractivity contribution >= 4 is 0 Å². The Morgan fingerprint density at radius 3 is 2.33 bits per heavy atom. The fourth-order valence-electron chi connectivity index (χ4n) is 1.00. The predicted molar refractivity (Wildman–Crippen MR) is 36.5 cm³/mol. The summed E-state index contributed by atoms with van der Waals surface area (Å²) in [7, 11) is 0. The summed E-state index contributed by atoms with van der Waals surface area (Å²) in [5.41, 5.74) is 5.23. The third-order valence-corrected chi connectivity index (χ3v) is 1.80. The number of aliphatic hydroxyl groups is 3. The van der Waals surface area contributed by atoms with Gasteiger partial charge < -0.3 is 25.8 Å². The van der Waals surface area contributed by atoms with Crippen LogP contribution < -0.4 is 5.73 Å². The van der Waals surface area contributed by atoms with Crippen molar-refractivity contribution in [2.75, 3.05) is 0 Å². The summed E-state index contributed by atoms with van der Waals surface area (Å²) in [5.74, 6) is 0. The number of nitrogens with two attached hydrogens (primary N) is 1. The van der Waals surface area contributed by atoms with E-state index in [-0.39, 0.29) is 0 Å². The van der Waals surface area contributed by atoms with Gasteiger partial charge in [-0.15, -0.1) is 0 Å². The van der Waals surface area contributed by atoms with Gasteiger partial charge in [-0.2, -0.15) is 5.26 Å². The van der Waals surface area contributed by atoms with Gasteiger partial charge in [-0.3, -0.25) is 0 Å². The number of aliphatic hydroxyl groups excluding tert-OH is 3. The molecule has 0 aromatic carbocycles. The molecule has 1 aliphatic rings. The first kappa shape index (κ1) is 9.38. The molecule has 12 heavy (non-hydrogen) atoms. The Balaban J connectivity index is 2.72.